The van der Waals surface area contributed by atoms with Gasteiger partial charge in [0.15, 0.2) is 0 Å². The fourth-order valence-electron chi connectivity index (χ4n) is 0.210. The Bertz CT molecular complexity index is 97.7. The van der Waals surface area contributed by atoms with Crippen molar-refractivity contribution in [1.29, 1.82) is 0 Å². The van der Waals surface area contributed by atoms with Crippen LogP contribution in [-0.2, 0) is 0 Å². The molecule has 0 spiro atoms. The van der Waals surface area contributed by atoms with E-state index in [4.69, 9.17) is 0 Å². The Balaban J connectivity index is 3.35. The summed E-state index contributed by atoms with van der Waals surface area (Å²) in [5, 5.41) is 7.27. The molecule has 0 unspecified atom stereocenters. The maximum atomic E-state index is 3.64. The van der Waals surface area contributed by atoms with Crippen LogP contribution in [-0.4, -0.2) is 0 Å². The second-order valence-corrected chi connectivity index (χ2v) is 1.20. The lowest BCUT2D eigenvalue weighted by molar-refractivity contribution is 1.21. The molecule has 0 aliphatic heterocycles. The zero-order valence-corrected chi connectivity index (χ0v) is 5.20. The molecule has 0 bridgehead atoms. The van der Waals surface area contributed by atoms with Crippen molar-refractivity contribution in [2.45, 2.75) is 13.8 Å². The van der Waals surface area contributed by atoms with Crippen molar-refractivity contribution in [2.75, 3.05) is 0 Å². The highest BCUT2D eigenvalue weighted by Gasteiger charge is 1.55. The molecule has 0 aliphatic carbocycles. The highest BCUT2D eigenvalue weighted by molar-refractivity contribution is 4.76. The van der Waals surface area contributed by atoms with Crippen LogP contribution in [0.4, 0.5) is 0 Å². The summed E-state index contributed by atoms with van der Waals surface area (Å²) in [6, 6.07) is 0. The third kappa shape index (κ3) is 5.08. The molecular formula is C6H10N2. The van der Waals surface area contributed by atoms with Crippen molar-refractivity contribution in [3.8, 4) is 0 Å². The predicted octanol–water partition coefficient (Wildman–Crippen LogP) is 2.51. The van der Waals surface area contributed by atoms with Crippen LogP contribution in [0.5, 0.6) is 0 Å². The first-order valence-corrected chi connectivity index (χ1v) is 2.54. The Morgan fingerprint density at radius 2 is 1.25 bits per heavy atom. The quantitative estimate of drug-likeness (QED) is 0.488. The van der Waals surface area contributed by atoms with Crippen LogP contribution in [0.3, 0.4) is 0 Å². The van der Waals surface area contributed by atoms with E-state index in [0.717, 1.165) is 0 Å². The summed E-state index contributed by atoms with van der Waals surface area (Å²) >= 11 is 0. The van der Waals surface area contributed by atoms with Crippen molar-refractivity contribution in [2.24, 2.45) is 10.2 Å². The predicted molar refractivity (Wildman–Crippen MR) is 34.5 cm³/mol. The molecule has 0 atom stereocenters. The van der Waals surface area contributed by atoms with E-state index in [0.29, 0.717) is 0 Å². The fourth-order valence-corrected chi connectivity index (χ4v) is 0.210. The van der Waals surface area contributed by atoms with Gasteiger partial charge in [-0.2, -0.15) is 10.2 Å². The summed E-state index contributed by atoms with van der Waals surface area (Å²) in [6.45, 7) is 3.80. The molecule has 0 aromatic carbocycles. The van der Waals surface area contributed by atoms with E-state index in [1.54, 1.807) is 12.4 Å². The molecule has 2 nitrogen and oxygen atoms in total. The first-order chi connectivity index (χ1) is 3.91. The lowest BCUT2D eigenvalue weighted by Gasteiger charge is -1.68. The largest absolute Gasteiger partial charge is 0.160 e. The van der Waals surface area contributed by atoms with Crippen LogP contribution >= 0.6 is 0 Å². The Labute approximate surface area is 49.6 Å². The zero-order chi connectivity index (χ0) is 6.24. The first kappa shape index (κ1) is 7.08. The fraction of sp³-hybridized carbons (Fsp3) is 0.333. The summed E-state index contributed by atoms with van der Waals surface area (Å²) < 4.78 is 0. The van der Waals surface area contributed by atoms with Crippen molar-refractivity contribution >= 4 is 0 Å². The molecule has 2 heteroatoms. The van der Waals surface area contributed by atoms with Gasteiger partial charge in [-0.1, -0.05) is 12.2 Å². The minimum Gasteiger partial charge on any atom is -0.160 e. The minimum absolute atomic E-state index is 1.64. The van der Waals surface area contributed by atoms with Gasteiger partial charge < -0.3 is 0 Å². The Morgan fingerprint density at radius 3 is 1.50 bits per heavy atom. The summed E-state index contributed by atoms with van der Waals surface area (Å²) in [7, 11) is 0. The molecule has 0 N–H and O–H groups in total. The van der Waals surface area contributed by atoms with E-state index >= 15 is 0 Å². The number of azo groups is 1. The molecule has 0 saturated carbocycles. The number of allylic oxidation sites excluding steroid dienone is 2. The van der Waals surface area contributed by atoms with Gasteiger partial charge in [0, 0.05) is 12.4 Å². The second kappa shape index (κ2) is 6.08. The van der Waals surface area contributed by atoms with E-state index in [9.17, 15) is 0 Å². The van der Waals surface area contributed by atoms with Gasteiger partial charge in [-0.25, -0.2) is 0 Å². The molecule has 0 fully saturated rings. The summed E-state index contributed by atoms with van der Waals surface area (Å²) in [5.74, 6) is 0. The third-order valence-electron chi connectivity index (χ3n) is 0.498. The molecular weight excluding hydrogens is 100 g/mol. The smallest absolute Gasteiger partial charge is 0.0452 e. The maximum Gasteiger partial charge on any atom is 0.0452 e. The van der Waals surface area contributed by atoms with E-state index in [-0.39, 0.29) is 0 Å². The van der Waals surface area contributed by atoms with Gasteiger partial charge in [-0.3, -0.25) is 0 Å². The van der Waals surface area contributed by atoms with Crippen LogP contribution in [0.2, 0.25) is 0 Å². The normalized spacial score (nSPS) is 12.8. The molecule has 0 amide bonds. The minimum atomic E-state index is 1.64. The van der Waals surface area contributed by atoms with E-state index in [1.807, 2.05) is 26.0 Å². The molecule has 0 radical (unpaired) electrons. The SMILES string of the molecule is C/C=C/N=N/C=C/C. The molecule has 44 valence electrons. The van der Waals surface area contributed by atoms with E-state index < -0.39 is 0 Å². The van der Waals surface area contributed by atoms with Crippen molar-refractivity contribution in [3.63, 3.8) is 0 Å². The van der Waals surface area contributed by atoms with Crippen LogP contribution in [0.25, 0.3) is 0 Å². The lowest BCUT2D eigenvalue weighted by atomic mass is 10.7. The van der Waals surface area contributed by atoms with Crippen molar-refractivity contribution < 1.29 is 0 Å². The van der Waals surface area contributed by atoms with Gasteiger partial charge in [-0.15, -0.1) is 0 Å². The molecule has 0 aromatic rings. The van der Waals surface area contributed by atoms with Gasteiger partial charge >= 0.3 is 0 Å². The average Bonchev–Trinajstić information content (AvgIpc) is 1.81. The highest BCUT2D eigenvalue weighted by Crippen LogP contribution is 1.78. The molecule has 0 saturated heterocycles. The Morgan fingerprint density at radius 1 is 0.875 bits per heavy atom. The van der Waals surface area contributed by atoms with Crippen LogP contribution in [0.1, 0.15) is 13.8 Å². The standard InChI is InChI=1S/C6H10N2/c1-3-5-7-8-6-4-2/h3-6H,1-2H3/b5-3+,6-4+,8-7+. The summed E-state index contributed by atoms with van der Waals surface area (Å²) in [5.41, 5.74) is 0. The number of nitrogens with zero attached hydrogens (tertiary/aromatic N) is 2. The summed E-state index contributed by atoms with van der Waals surface area (Å²) in [6.07, 6.45) is 6.93. The highest BCUT2D eigenvalue weighted by atomic mass is 15.1. The summed E-state index contributed by atoms with van der Waals surface area (Å²) in [4.78, 5) is 0. The zero-order valence-electron chi connectivity index (χ0n) is 5.20. The van der Waals surface area contributed by atoms with Gasteiger partial charge in [0.25, 0.3) is 0 Å². The van der Waals surface area contributed by atoms with E-state index in [2.05, 4.69) is 10.2 Å². The first-order valence-electron chi connectivity index (χ1n) is 2.54. The Kier molecular flexibility index (Phi) is 5.38. The topological polar surface area (TPSA) is 24.7 Å². The number of hydrogen-bond donors (Lipinski definition) is 0. The maximum absolute atomic E-state index is 3.64. The molecule has 8 heavy (non-hydrogen) atoms. The Hall–Kier alpha value is -0.920. The molecule has 0 heterocycles. The molecule has 0 aliphatic rings. The van der Waals surface area contributed by atoms with Crippen molar-refractivity contribution in [3.05, 3.63) is 24.6 Å². The van der Waals surface area contributed by atoms with Gasteiger partial charge in [0.2, 0.25) is 0 Å². The van der Waals surface area contributed by atoms with Crippen LogP contribution in [0, 0.1) is 0 Å². The lowest BCUT2D eigenvalue weighted by Crippen LogP contribution is -1.44. The van der Waals surface area contributed by atoms with Gasteiger partial charge in [0.05, 0.1) is 0 Å². The van der Waals surface area contributed by atoms with Crippen LogP contribution in [0.15, 0.2) is 34.8 Å². The number of hydrogen-bond acceptors (Lipinski definition) is 2. The average molecular weight is 110 g/mol. The number of rotatable bonds is 2. The van der Waals surface area contributed by atoms with Gasteiger partial charge in [0.1, 0.15) is 0 Å². The molecule has 0 rings (SSSR count). The molecule has 0 aromatic heterocycles. The van der Waals surface area contributed by atoms with Crippen molar-refractivity contribution in [1.82, 2.24) is 0 Å². The second-order valence-electron chi connectivity index (χ2n) is 1.20. The third-order valence-corrected chi connectivity index (χ3v) is 0.498. The van der Waals surface area contributed by atoms with E-state index in [1.165, 1.54) is 0 Å². The van der Waals surface area contributed by atoms with Gasteiger partial charge in [-0.05, 0) is 13.8 Å². The monoisotopic (exact) mass is 110 g/mol. The van der Waals surface area contributed by atoms with Crippen LogP contribution < -0.4 is 0 Å².